The highest BCUT2D eigenvalue weighted by Crippen LogP contribution is 2.39. The molecule has 2 aromatic rings. The lowest BCUT2D eigenvalue weighted by molar-refractivity contribution is -0.127. The molecule has 0 saturated carbocycles. The van der Waals surface area contributed by atoms with Crippen molar-refractivity contribution in [2.75, 3.05) is 32.4 Å². The molecule has 0 aliphatic carbocycles. The van der Waals surface area contributed by atoms with E-state index in [4.69, 9.17) is 18.9 Å². The van der Waals surface area contributed by atoms with Gasteiger partial charge in [0.25, 0.3) is 11.1 Å². The number of halogens is 1. The molecule has 1 saturated heterocycles. The number of benzene rings is 2. The van der Waals surface area contributed by atoms with E-state index in [1.165, 1.54) is 7.11 Å². The third kappa shape index (κ3) is 4.93. The Hall–Kier alpha value is -3.18. The Balaban J connectivity index is 1.46. The van der Waals surface area contributed by atoms with Gasteiger partial charge in [0.2, 0.25) is 12.7 Å². The van der Waals surface area contributed by atoms with E-state index in [1.54, 1.807) is 36.4 Å². The number of anilines is 1. The lowest BCUT2D eigenvalue weighted by Crippen LogP contribution is -2.36. The average molecular weight is 535 g/mol. The number of methoxy groups -OCH3 is 1. The molecule has 11 heteroatoms. The second-order valence-electron chi connectivity index (χ2n) is 6.85. The number of carbonyl (C=O) groups is 3. The zero-order valence-electron chi connectivity index (χ0n) is 17.7. The van der Waals surface area contributed by atoms with Crippen LogP contribution in [0.15, 0.2) is 39.7 Å². The molecular weight excluding hydrogens is 516 g/mol. The van der Waals surface area contributed by atoms with Crippen LogP contribution in [-0.2, 0) is 9.59 Å². The number of nitrogens with one attached hydrogen (secondary N) is 1. The summed E-state index contributed by atoms with van der Waals surface area (Å²) in [6.45, 7) is 2.03. The number of hydrogen-bond donors (Lipinski definition) is 1. The fraction of sp³-hybridized carbons (Fsp3) is 0.227. The molecule has 9 nitrogen and oxygen atoms in total. The topological polar surface area (TPSA) is 103 Å². The summed E-state index contributed by atoms with van der Waals surface area (Å²) in [5, 5.41) is 2.13. The minimum atomic E-state index is -0.546. The van der Waals surface area contributed by atoms with Crippen molar-refractivity contribution in [1.29, 1.82) is 0 Å². The van der Waals surface area contributed by atoms with Gasteiger partial charge >= 0.3 is 0 Å². The Labute approximate surface area is 202 Å². The number of thioether (sulfide) groups is 1. The fourth-order valence-electron chi connectivity index (χ4n) is 3.21. The molecule has 2 heterocycles. The smallest absolute Gasteiger partial charge is 0.294 e. The molecule has 0 radical (unpaired) electrons. The van der Waals surface area contributed by atoms with Crippen LogP contribution in [-0.4, -0.2) is 49.0 Å². The summed E-state index contributed by atoms with van der Waals surface area (Å²) in [7, 11) is 1.51. The number of rotatable bonds is 7. The zero-order valence-corrected chi connectivity index (χ0v) is 20.1. The molecule has 3 amide bonds. The molecule has 2 aliphatic rings. The Morgan fingerprint density at radius 1 is 1.24 bits per heavy atom. The summed E-state index contributed by atoms with van der Waals surface area (Å²) >= 11 is 4.21. The highest BCUT2D eigenvalue weighted by molar-refractivity contribution is 9.10. The molecule has 4 rings (SSSR count). The third-order valence-electron chi connectivity index (χ3n) is 4.67. The summed E-state index contributed by atoms with van der Waals surface area (Å²) < 4.78 is 22.1. The summed E-state index contributed by atoms with van der Waals surface area (Å²) in [4.78, 5) is 38.8. The normalized spacial score (nSPS) is 15.8. The van der Waals surface area contributed by atoms with E-state index in [0.717, 1.165) is 16.7 Å². The highest BCUT2D eigenvalue weighted by Gasteiger charge is 2.36. The van der Waals surface area contributed by atoms with Crippen LogP contribution in [0.4, 0.5) is 10.5 Å². The second-order valence-corrected chi connectivity index (χ2v) is 8.70. The van der Waals surface area contributed by atoms with Gasteiger partial charge in [0.15, 0.2) is 23.0 Å². The van der Waals surface area contributed by atoms with Crippen molar-refractivity contribution < 1.29 is 33.3 Å². The van der Waals surface area contributed by atoms with Crippen LogP contribution >= 0.6 is 27.7 Å². The first kappa shape index (κ1) is 23.0. The summed E-state index contributed by atoms with van der Waals surface area (Å²) in [5.41, 5.74) is 1.11. The van der Waals surface area contributed by atoms with Gasteiger partial charge in [-0.05, 0) is 70.5 Å². The summed E-state index contributed by atoms with van der Waals surface area (Å²) in [6, 6.07) is 8.40. The van der Waals surface area contributed by atoms with Crippen LogP contribution in [0.5, 0.6) is 23.0 Å². The minimum absolute atomic E-state index is 0.118. The SMILES string of the molecule is CCOc1c(Br)cc(/C=C2/SC(=O)N(CC(=O)Nc3ccc4c(c3)OCO4)C2=O)cc1OC. The van der Waals surface area contributed by atoms with E-state index in [9.17, 15) is 14.4 Å². The lowest BCUT2D eigenvalue weighted by Gasteiger charge is -2.13. The maximum absolute atomic E-state index is 12.8. The first-order valence-electron chi connectivity index (χ1n) is 9.84. The van der Waals surface area contributed by atoms with Crippen molar-refractivity contribution in [3.8, 4) is 23.0 Å². The Morgan fingerprint density at radius 3 is 2.79 bits per heavy atom. The fourth-order valence-corrected chi connectivity index (χ4v) is 4.63. The van der Waals surface area contributed by atoms with Crippen molar-refractivity contribution in [3.63, 3.8) is 0 Å². The van der Waals surface area contributed by atoms with Crippen molar-refractivity contribution in [3.05, 3.63) is 45.3 Å². The van der Waals surface area contributed by atoms with Crippen LogP contribution in [0, 0.1) is 0 Å². The number of imide groups is 1. The number of fused-ring (bicyclic) bond motifs is 1. The van der Waals surface area contributed by atoms with Crippen molar-refractivity contribution in [2.45, 2.75) is 6.92 Å². The molecule has 1 N–H and O–H groups in total. The van der Waals surface area contributed by atoms with Gasteiger partial charge in [-0.25, -0.2) is 0 Å². The zero-order chi connectivity index (χ0) is 23.5. The van der Waals surface area contributed by atoms with Gasteiger partial charge in [-0.1, -0.05) is 0 Å². The van der Waals surface area contributed by atoms with E-state index in [1.807, 2.05) is 6.92 Å². The van der Waals surface area contributed by atoms with Crippen LogP contribution < -0.4 is 24.3 Å². The van der Waals surface area contributed by atoms with Crippen LogP contribution in [0.3, 0.4) is 0 Å². The van der Waals surface area contributed by atoms with E-state index < -0.39 is 23.6 Å². The van der Waals surface area contributed by atoms with Crippen LogP contribution in [0.25, 0.3) is 6.08 Å². The predicted molar refractivity (Wildman–Crippen MR) is 126 cm³/mol. The van der Waals surface area contributed by atoms with E-state index >= 15 is 0 Å². The van der Waals surface area contributed by atoms with Gasteiger partial charge in [-0.15, -0.1) is 0 Å². The largest absolute Gasteiger partial charge is 0.493 e. The molecule has 0 unspecified atom stereocenters. The summed E-state index contributed by atoms with van der Waals surface area (Å²) in [6.07, 6.45) is 1.57. The molecule has 0 bridgehead atoms. The maximum Gasteiger partial charge on any atom is 0.294 e. The molecule has 2 aromatic carbocycles. The molecule has 0 atom stereocenters. The number of carbonyl (C=O) groups excluding carboxylic acids is 3. The average Bonchev–Trinajstić information content (AvgIpc) is 3.35. The monoisotopic (exact) mass is 534 g/mol. The minimum Gasteiger partial charge on any atom is -0.493 e. The van der Waals surface area contributed by atoms with E-state index in [0.29, 0.717) is 45.3 Å². The number of amides is 3. The highest BCUT2D eigenvalue weighted by atomic mass is 79.9. The maximum atomic E-state index is 12.8. The molecule has 33 heavy (non-hydrogen) atoms. The third-order valence-corrected chi connectivity index (χ3v) is 6.17. The van der Waals surface area contributed by atoms with Crippen molar-refractivity contribution in [1.82, 2.24) is 4.90 Å². The molecule has 172 valence electrons. The number of nitrogens with zero attached hydrogens (tertiary/aromatic N) is 1. The van der Waals surface area contributed by atoms with E-state index in [-0.39, 0.29) is 11.7 Å². The Kier molecular flexibility index (Phi) is 6.80. The van der Waals surface area contributed by atoms with Gasteiger partial charge in [0.1, 0.15) is 6.54 Å². The molecule has 1 fully saturated rings. The lowest BCUT2D eigenvalue weighted by atomic mass is 10.2. The van der Waals surface area contributed by atoms with Gasteiger partial charge in [-0.3, -0.25) is 19.3 Å². The van der Waals surface area contributed by atoms with Crippen LogP contribution in [0.1, 0.15) is 12.5 Å². The standard InChI is InChI=1S/C22H19BrN2O7S/c1-3-30-20-14(23)6-12(7-17(20)29-2)8-18-21(27)25(22(28)33-18)10-19(26)24-13-4-5-15-16(9-13)32-11-31-15/h4-9H,3,10-11H2,1-2H3,(H,24,26)/b18-8+. The second kappa shape index (κ2) is 9.75. The number of ether oxygens (including phenoxy) is 4. The van der Waals surface area contributed by atoms with Gasteiger partial charge in [0.05, 0.1) is 23.1 Å². The first-order valence-corrected chi connectivity index (χ1v) is 11.5. The molecule has 0 aromatic heterocycles. The Morgan fingerprint density at radius 2 is 2.03 bits per heavy atom. The first-order chi connectivity index (χ1) is 15.9. The molecule has 0 spiro atoms. The predicted octanol–water partition coefficient (Wildman–Crippen LogP) is 4.26. The van der Waals surface area contributed by atoms with E-state index in [2.05, 4.69) is 21.2 Å². The molecular formula is C22H19BrN2O7S. The Bertz CT molecular complexity index is 1170. The van der Waals surface area contributed by atoms with Gasteiger partial charge < -0.3 is 24.3 Å². The van der Waals surface area contributed by atoms with Crippen LogP contribution in [0.2, 0.25) is 0 Å². The van der Waals surface area contributed by atoms with Crippen molar-refractivity contribution in [2.24, 2.45) is 0 Å². The van der Waals surface area contributed by atoms with Crippen molar-refractivity contribution >= 4 is 56.5 Å². The quantitative estimate of drug-likeness (QED) is 0.525. The molecule has 2 aliphatic heterocycles. The number of hydrogen-bond acceptors (Lipinski definition) is 8. The van der Waals surface area contributed by atoms with Gasteiger partial charge in [-0.2, -0.15) is 0 Å². The van der Waals surface area contributed by atoms with Gasteiger partial charge in [0, 0.05) is 11.8 Å². The summed E-state index contributed by atoms with van der Waals surface area (Å²) in [5.74, 6) is 1.07.